The Labute approximate surface area is 137 Å². The van der Waals surface area contributed by atoms with E-state index in [0.29, 0.717) is 23.8 Å². The van der Waals surface area contributed by atoms with E-state index in [1.165, 1.54) is 0 Å². The fourth-order valence-corrected chi connectivity index (χ4v) is 4.35. The second kappa shape index (κ2) is 6.74. The number of sulfonamides is 1. The molecule has 0 radical (unpaired) electrons. The zero-order chi connectivity index (χ0) is 17.2. The average Bonchev–Trinajstić information content (AvgIpc) is 3.04. The van der Waals surface area contributed by atoms with Crippen molar-refractivity contribution in [2.24, 2.45) is 0 Å². The van der Waals surface area contributed by atoms with E-state index in [1.807, 2.05) is 6.92 Å². The molecule has 0 saturated carbocycles. The van der Waals surface area contributed by atoms with E-state index in [4.69, 9.17) is 0 Å². The summed E-state index contributed by atoms with van der Waals surface area (Å²) in [5.74, 6) is 0.488. The van der Waals surface area contributed by atoms with Gasteiger partial charge in [-0.2, -0.15) is 10.2 Å². The van der Waals surface area contributed by atoms with Gasteiger partial charge in [0, 0.05) is 12.6 Å². The Balaban J connectivity index is 2.41. The molecule has 0 bridgehead atoms. The zero-order valence-corrected chi connectivity index (χ0v) is 15.2. The van der Waals surface area contributed by atoms with Crippen LogP contribution >= 0.6 is 0 Å². The molecule has 128 valence electrons. The summed E-state index contributed by atoms with van der Waals surface area (Å²) in [5, 5.41) is 8.56. The van der Waals surface area contributed by atoms with E-state index < -0.39 is 10.0 Å². The summed E-state index contributed by atoms with van der Waals surface area (Å²) in [6.07, 6.45) is 3.39. The predicted octanol–water partition coefficient (Wildman–Crippen LogP) is 2.88. The van der Waals surface area contributed by atoms with Gasteiger partial charge in [-0.3, -0.25) is 9.40 Å². The molecule has 23 heavy (non-hydrogen) atoms. The quantitative estimate of drug-likeness (QED) is 0.841. The maximum Gasteiger partial charge on any atom is 0.266 e. The van der Waals surface area contributed by atoms with E-state index >= 15 is 0 Å². The third-order valence-electron chi connectivity index (χ3n) is 4.08. The third kappa shape index (κ3) is 3.26. The Hall–Kier alpha value is -1.83. The number of hydrogen-bond donors (Lipinski definition) is 1. The minimum atomic E-state index is -3.70. The van der Waals surface area contributed by atoms with Crippen LogP contribution < -0.4 is 4.72 Å². The molecule has 0 fully saturated rings. The summed E-state index contributed by atoms with van der Waals surface area (Å²) in [5.41, 5.74) is 1.15. The molecule has 2 aromatic rings. The number of aryl methyl sites for hydroxylation is 2. The Kier molecular flexibility index (Phi) is 5.13. The Morgan fingerprint density at radius 1 is 1.22 bits per heavy atom. The highest BCUT2D eigenvalue weighted by Crippen LogP contribution is 2.25. The van der Waals surface area contributed by atoms with Crippen molar-refractivity contribution in [2.45, 2.75) is 64.9 Å². The maximum atomic E-state index is 12.8. The lowest BCUT2D eigenvalue weighted by Gasteiger charge is -2.17. The first-order valence-corrected chi connectivity index (χ1v) is 9.44. The van der Waals surface area contributed by atoms with E-state index in [-0.39, 0.29) is 10.9 Å². The van der Waals surface area contributed by atoms with Gasteiger partial charge in [0.1, 0.15) is 10.7 Å². The molecule has 0 amide bonds. The topological polar surface area (TPSA) is 81.8 Å². The Morgan fingerprint density at radius 2 is 1.87 bits per heavy atom. The molecule has 0 aliphatic heterocycles. The van der Waals surface area contributed by atoms with Gasteiger partial charge >= 0.3 is 0 Å². The molecule has 1 N–H and O–H groups in total. The summed E-state index contributed by atoms with van der Waals surface area (Å²) in [7, 11) is -3.70. The average molecular weight is 339 g/mol. The number of nitrogens with zero attached hydrogens (tertiary/aromatic N) is 4. The molecule has 0 aromatic carbocycles. The number of rotatable bonds is 7. The van der Waals surface area contributed by atoms with Crippen molar-refractivity contribution in [3.8, 4) is 0 Å². The van der Waals surface area contributed by atoms with Crippen LogP contribution in [0.5, 0.6) is 0 Å². The zero-order valence-electron chi connectivity index (χ0n) is 14.4. The monoisotopic (exact) mass is 339 g/mol. The summed E-state index contributed by atoms with van der Waals surface area (Å²) in [4.78, 5) is 0.247. The summed E-state index contributed by atoms with van der Waals surface area (Å²) < 4.78 is 31.7. The minimum Gasteiger partial charge on any atom is -0.268 e. The number of hydrogen-bond acceptors (Lipinski definition) is 4. The van der Waals surface area contributed by atoms with Crippen molar-refractivity contribution >= 4 is 15.8 Å². The predicted molar refractivity (Wildman–Crippen MR) is 90.0 cm³/mol. The summed E-state index contributed by atoms with van der Waals surface area (Å²) >= 11 is 0. The molecule has 0 unspecified atom stereocenters. The number of anilines is 1. The van der Waals surface area contributed by atoms with Crippen molar-refractivity contribution in [3.63, 3.8) is 0 Å². The first kappa shape index (κ1) is 17.5. The van der Waals surface area contributed by atoms with Crippen molar-refractivity contribution in [2.75, 3.05) is 4.72 Å². The summed E-state index contributed by atoms with van der Waals surface area (Å²) in [6.45, 7) is 10.2. The molecule has 0 aliphatic carbocycles. The van der Waals surface area contributed by atoms with Crippen LogP contribution in [-0.4, -0.2) is 28.0 Å². The lowest BCUT2D eigenvalue weighted by atomic mass is 10.2. The standard InChI is InChI=1S/C15H25N5O2S/c1-6-13(7-2)20-14(9-10-16-20)18-23(21,22)15-11(4)17-19(8-3)12(15)5/h9-10,13,18H,6-8H2,1-5H3. The highest BCUT2D eigenvalue weighted by Gasteiger charge is 2.26. The number of aromatic nitrogens is 4. The van der Waals surface area contributed by atoms with Crippen LogP contribution in [0.3, 0.4) is 0 Å². The normalized spacial score (nSPS) is 12.1. The molecular weight excluding hydrogens is 314 g/mol. The van der Waals surface area contributed by atoms with E-state index in [2.05, 4.69) is 28.8 Å². The fourth-order valence-electron chi connectivity index (χ4n) is 2.89. The molecule has 2 rings (SSSR count). The lowest BCUT2D eigenvalue weighted by molar-refractivity contribution is 0.434. The first-order valence-electron chi connectivity index (χ1n) is 7.95. The molecule has 2 aromatic heterocycles. The highest BCUT2D eigenvalue weighted by molar-refractivity contribution is 7.92. The van der Waals surface area contributed by atoms with Gasteiger partial charge < -0.3 is 0 Å². The van der Waals surface area contributed by atoms with Crippen LogP contribution in [0, 0.1) is 13.8 Å². The van der Waals surface area contributed by atoms with Gasteiger partial charge in [0.2, 0.25) is 0 Å². The van der Waals surface area contributed by atoms with Crippen LogP contribution in [0.1, 0.15) is 51.0 Å². The third-order valence-corrected chi connectivity index (χ3v) is 5.69. The van der Waals surface area contributed by atoms with Gasteiger partial charge in [0.05, 0.1) is 23.6 Å². The SMILES string of the molecule is CCC(CC)n1nccc1NS(=O)(=O)c1c(C)nn(CC)c1C. The van der Waals surface area contributed by atoms with Crippen molar-refractivity contribution in [3.05, 3.63) is 23.7 Å². The minimum absolute atomic E-state index is 0.170. The Morgan fingerprint density at radius 3 is 2.39 bits per heavy atom. The van der Waals surface area contributed by atoms with Gasteiger partial charge in [0.15, 0.2) is 0 Å². The second-order valence-corrected chi connectivity index (χ2v) is 7.17. The fraction of sp³-hybridized carbons (Fsp3) is 0.600. The largest absolute Gasteiger partial charge is 0.268 e. The van der Waals surface area contributed by atoms with Crippen LogP contribution in [0.4, 0.5) is 5.82 Å². The summed E-state index contributed by atoms with van der Waals surface area (Å²) in [6, 6.07) is 1.85. The van der Waals surface area contributed by atoms with Crippen molar-refractivity contribution in [1.82, 2.24) is 19.6 Å². The first-order chi connectivity index (χ1) is 10.9. The van der Waals surface area contributed by atoms with Crippen LogP contribution in [0.25, 0.3) is 0 Å². The molecule has 0 aliphatic rings. The van der Waals surface area contributed by atoms with Crippen LogP contribution in [0.2, 0.25) is 0 Å². The van der Waals surface area contributed by atoms with E-state index in [0.717, 1.165) is 12.8 Å². The van der Waals surface area contributed by atoms with Gasteiger partial charge in [0.25, 0.3) is 10.0 Å². The van der Waals surface area contributed by atoms with Crippen molar-refractivity contribution < 1.29 is 8.42 Å². The van der Waals surface area contributed by atoms with Gasteiger partial charge in [-0.15, -0.1) is 0 Å². The van der Waals surface area contributed by atoms with Crippen LogP contribution in [0.15, 0.2) is 17.2 Å². The molecule has 2 heterocycles. The molecular formula is C15H25N5O2S. The second-order valence-electron chi connectivity index (χ2n) is 5.55. The van der Waals surface area contributed by atoms with Crippen LogP contribution in [-0.2, 0) is 16.6 Å². The molecule has 0 spiro atoms. The molecule has 0 saturated heterocycles. The van der Waals surface area contributed by atoms with Crippen molar-refractivity contribution in [1.29, 1.82) is 0 Å². The van der Waals surface area contributed by atoms with E-state index in [9.17, 15) is 8.42 Å². The maximum absolute atomic E-state index is 12.8. The highest BCUT2D eigenvalue weighted by atomic mass is 32.2. The lowest BCUT2D eigenvalue weighted by Crippen LogP contribution is -2.19. The molecule has 8 heteroatoms. The van der Waals surface area contributed by atoms with Gasteiger partial charge in [-0.25, -0.2) is 13.1 Å². The van der Waals surface area contributed by atoms with Gasteiger partial charge in [-0.1, -0.05) is 13.8 Å². The molecule has 7 nitrogen and oxygen atoms in total. The smallest absolute Gasteiger partial charge is 0.266 e. The Bertz CT molecular complexity index is 772. The van der Waals surface area contributed by atoms with Gasteiger partial charge in [-0.05, 0) is 33.6 Å². The van der Waals surface area contributed by atoms with E-state index in [1.54, 1.807) is 35.5 Å². The molecule has 0 atom stereocenters. The number of nitrogens with one attached hydrogen (secondary N) is 1.